The van der Waals surface area contributed by atoms with Crippen LogP contribution in [0.1, 0.15) is 25.3 Å². The summed E-state index contributed by atoms with van der Waals surface area (Å²) in [5, 5.41) is 10.4. The topological polar surface area (TPSA) is 23.5 Å². The first kappa shape index (κ1) is 14.8. The molecule has 1 rings (SSSR count). The van der Waals surface area contributed by atoms with E-state index in [0.29, 0.717) is 16.6 Å². The molecule has 1 aromatic rings. The van der Waals surface area contributed by atoms with E-state index in [2.05, 4.69) is 11.8 Å². The summed E-state index contributed by atoms with van der Waals surface area (Å²) >= 11 is 12.0. The molecule has 0 aliphatic heterocycles. The molecule has 0 saturated carbocycles. The van der Waals surface area contributed by atoms with E-state index in [0.717, 1.165) is 31.5 Å². The minimum Gasteiger partial charge on any atom is -0.395 e. The molecule has 0 heterocycles. The van der Waals surface area contributed by atoms with Crippen molar-refractivity contribution in [1.29, 1.82) is 0 Å². The van der Waals surface area contributed by atoms with Crippen LogP contribution in [0.15, 0.2) is 18.2 Å². The van der Waals surface area contributed by atoms with Crippen LogP contribution in [-0.4, -0.2) is 29.7 Å². The van der Waals surface area contributed by atoms with Gasteiger partial charge in [-0.05, 0) is 30.7 Å². The molecule has 0 amide bonds. The molecule has 1 N–H and O–H groups in total. The highest BCUT2D eigenvalue weighted by Crippen LogP contribution is 2.22. The highest BCUT2D eigenvalue weighted by Gasteiger charge is 2.08. The lowest BCUT2D eigenvalue weighted by molar-refractivity contribution is 0.188. The molecule has 0 aliphatic rings. The van der Waals surface area contributed by atoms with Gasteiger partial charge in [0.15, 0.2) is 0 Å². The van der Waals surface area contributed by atoms with Gasteiger partial charge in [-0.25, -0.2) is 0 Å². The van der Waals surface area contributed by atoms with Gasteiger partial charge in [0.25, 0.3) is 0 Å². The number of unbranched alkanes of at least 4 members (excludes halogenated alkanes) is 1. The smallest absolute Gasteiger partial charge is 0.0558 e. The molecule has 0 bridgehead atoms. The number of rotatable bonds is 7. The minimum atomic E-state index is 0.176. The van der Waals surface area contributed by atoms with Crippen molar-refractivity contribution in [3.05, 3.63) is 33.8 Å². The van der Waals surface area contributed by atoms with Gasteiger partial charge in [-0.15, -0.1) is 0 Å². The minimum absolute atomic E-state index is 0.176. The van der Waals surface area contributed by atoms with E-state index in [1.165, 1.54) is 0 Å². The largest absolute Gasteiger partial charge is 0.395 e. The Labute approximate surface area is 113 Å². The SMILES string of the molecule is CCCCN(CCO)Cc1ccc(Cl)cc1Cl. The summed E-state index contributed by atoms with van der Waals surface area (Å²) < 4.78 is 0. The monoisotopic (exact) mass is 275 g/mol. The van der Waals surface area contributed by atoms with E-state index in [9.17, 15) is 0 Å². The van der Waals surface area contributed by atoms with E-state index in [1.807, 2.05) is 12.1 Å². The van der Waals surface area contributed by atoms with Gasteiger partial charge in [0, 0.05) is 23.1 Å². The number of aliphatic hydroxyl groups excluding tert-OH is 1. The Balaban J connectivity index is 2.64. The maximum absolute atomic E-state index is 9.03. The zero-order valence-corrected chi connectivity index (χ0v) is 11.6. The Hall–Kier alpha value is -0.280. The van der Waals surface area contributed by atoms with Crippen LogP contribution in [0.3, 0.4) is 0 Å². The second-order valence-corrected chi connectivity index (χ2v) is 4.93. The van der Waals surface area contributed by atoms with Crippen LogP contribution in [0.2, 0.25) is 10.0 Å². The predicted molar refractivity (Wildman–Crippen MR) is 73.7 cm³/mol. The first-order valence-electron chi connectivity index (χ1n) is 5.94. The van der Waals surface area contributed by atoms with Crippen LogP contribution < -0.4 is 0 Å². The van der Waals surface area contributed by atoms with Gasteiger partial charge in [0.1, 0.15) is 0 Å². The molecule has 17 heavy (non-hydrogen) atoms. The molecule has 96 valence electrons. The summed E-state index contributed by atoms with van der Waals surface area (Å²) in [7, 11) is 0. The molecule has 2 nitrogen and oxygen atoms in total. The van der Waals surface area contributed by atoms with Crippen molar-refractivity contribution in [1.82, 2.24) is 4.90 Å². The molecule has 0 saturated heterocycles. The summed E-state index contributed by atoms with van der Waals surface area (Å²) in [6.07, 6.45) is 2.28. The average molecular weight is 276 g/mol. The van der Waals surface area contributed by atoms with E-state index in [4.69, 9.17) is 28.3 Å². The Kier molecular flexibility index (Phi) is 6.90. The van der Waals surface area contributed by atoms with E-state index in [1.54, 1.807) is 6.07 Å². The number of hydrogen-bond acceptors (Lipinski definition) is 2. The molecule has 0 radical (unpaired) electrons. The Morgan fingerprint density at radius 1 is 1.24 bits per heavy atom. The fraction of sp³-hybridized carbons (Fsp3) is 0.538. The van der Waals surface area contributed by atoms with Crippen molar-refractivity contribution < 1.29 is 5.11 Å². The van der Waals surface area contributed by atoms with Gasteiger partial charge >= 0.3 is 0 Å². The second-order valence-electron chi connectivity index (χ2n) is 4.09. The van der Waals surface area contributed by atoms with Crippen LogP contribution in [0.5, 0.6) is 0 Å². The molecular formula is C13H19Cl2NO. The van der Waals surface area contributed by atoms with Gasteiger partial charge in [0.2, 0.25) is 0 Å². The maximum Gasteiger partial charge on any atom is 0.0558 e. The first-order chi connectivity index (χ1) is 8.17. The van der Waals surface area contributed by atoms with Gasteiger partial charge in [-0.2, -0.15) is 0 Å². The van der Waals surface area contributed by atoms with Crippen molar-refractivity contribution in [2.45, 2.75) is 26.3 Å². The normalized spacial score (nSPS) is 11.1. The molecule has 0 fully saturated rings. The summed E-state index contributed by atoms with van der Waals surface area (Å²) in [6.45, 7) is 4.76. The molecule has 0 aliphatic carbocycles. The third-order valence-corrected chi connectivity index (χ3v) is 3.24. The Morgan fingerprint density at radius 3 is 2.59 bits per heavy atom. The molecule has 0 unspecified atom stereocenters. The van der Waals surface area contributed by atoms with Gasteiger partial charge in [-0.1, -0.05) is 42.6 Å². The van der Waals surface area contributed by atoms with Gasteiger partial charge in [0.05, 0.1) is 6.61 Å². The van der Waals surface area contributed by atoms with E-state index >= 15 is 0 Å². The number of nitrogens with zero attached hydrogens (tertiary/aromatic N) is 1. The quantitative estimate of drug-likeness (QED) is 0.822. The van der Waals surface area contributed by atoms with Crippen LogP contribution >= 0.6 is 23.2 Å². The van der Waals surface area contributed by atoms with Gasteiger partial charge < -0.3 is 5.11 Å². The predicted octanol–water partition coefficient (Wildman–Crippen LogP) is 3.59. The van der Waals surface area contributed by atoms with Crippen LogP contribution in [0, 0.1) is 0 Å². The summed E-state index contributed by atoms with van der Waals surface area (Å²) in [4.78, 5) is 2.21. The van der Waals surface area contributed by atoms with E-state index < -0.39 is 0 Å². The highest BCUT2D eigenvalue weighted by molar-refractivity contribution is 6.35. The summed E-state index contributed by atoms with van der Waals surface area (Å²) in [6, 6.07) is 5.55. The molecule has 0 aromatic heterocycles. The van der Waals surface area contributed by atoms with E-state index in [-0.39, 0.29) is 6.61 Å². The number of benzene rings is 1. The van der Waals surface area contributed by atoms with Gasteiger partial charge in [-0.3, -0.25) is 4.90 Å². The fourth-order valence-corrected chi connectivity index (χ4v) is 2.15. The summed E-state index contributed by atoms with van der Waals surface area (Å²) in [5.74, 6) is 0. The third-order valence-electron chi connectivity index (χ3n) is 2.65. The van der Waals surface area contributed by atoms with Crippen molar-refractivity contribution in [3.63, 3.8) is 0 Å². The number of aliphatic hydroxyl groups is 1. The van der Waals surface area contributed by atoms with Crippen LogP contribution in [0.25, 0.3) is 0 Å². The number of hydrogen-bond donors (Lipinski definition) is 1. The second kappa shape index (κ2) is 7.93. The summed E-state index contributed by atoms with van der Waals surface area (Å²) in [5.41, 5.74) is 1.06. The fourth-order valence-electron chi connectivity index (χ4n) is 1.68. The Bertz CT molecular complexity index is 344. The van der Waals surface area contributed by atoms with Crippen molar-refractivity contribution in [2.75, 3.05) is 19.7 Å². The lowest BCUT2D eigenvalue weighted by Crippen LogP contribution is -2.27. The van der Waals surface area contributed by atoms with Crippen molar-refractivity contribution in [3.8, 4) is 0 Å². The molecule has 1 aromatic carbocycles. The molecule has 4 heteroatoms. The third kappa shape index (κ3) is 5.26. The first-order valence-corrected chi connectivity index (χ1v) is 6.70. The zero-order valence-electron chi connectivity index (χ0n) is 10.1. The lowest BCUT2D eigenvalue weighted by atomic mass is 10.2. The lowest BCUT2D eigenvalue weighted by Gasteiger charge is -2.21. The standard InChI is InChI=1S/C13H19Cl2NO/c1-2-3-6-16(7-8-17)10-11-4-5-12(14)9-13(11)15/h4-5,9,17H,2-3,6-8,10H2,1H3. The zero-order chi connectivity index (χ0) is 12.7. The number of halogens is 2. The van der Waals surface area contributed by atoms with Crippen LogP contribution in [0.4, 0.5) is 0 Å². The average Bonchev–Trinajstić information content (AvgIpc) is 2.29. The molecule has 0 spiro atoms. The molecule has 0 atom stereocenters. The van der Waals surface area contributed by atoms with Crippen molar-refractivity contribution in [2.24, 2.45) is 0 Å². The van der Waals surface area contributed by atoms with Crippen LogP contribution in [-0.2, 0) is 6.54 Å². The Morgan fingerprint density at radius 2 is 2.00 bits per heavy atom. The maximum atomic E-state index is 9.03. The molecular weight excluding hydrogens is 257 g/mol. The van der Waals surface area contributed by atoms with Crippen molar-refractivity contribution >= 4 is 23.2 Å². The highest BCUT2D eigenvalue weighted by atomic mass is 35.5.